The van der Waals surface area contributed by atoms with Gasteiger partial charge in [0.15, 0.2) is 0 Å². The summed E-state index contributed by atoms with van der Waals surface area (Å²) in [5.74, 6) is -0.678. The van der Waals surface area contributed by atoms with Crippen LogP contribution in [-0.2, 0) is 29.1 Å². The average Bonchev–Trinajstić information content (AvgIpc) is 3.56. The minimum atomic E-state index is -0.873. The molecule has 0 aliphatic carbocycles. The van der Waals surface area contributed by atoms with E-state index >= 15 is 0 Å². The number of piperazine rings is 1. The molecule has 0 radical (unpaired) electrons. The number of aromatic nitrogens is 1. The predicted molar refractivity (Wildman–Crippen MR) is 175 cm³/mol. The minimum Gasteiger partial charge on any atom is -0.355 e. The molecule has 12 heteroatoms. The molecule has 4 aromatic rings. The number of amides is 5. The van der Waals surface area contributed by atoms with Crippen LogP contribution in [0.1, 0.15) is 27.0 Å². The van der Waals surface area contributed by atoms with Crippen molar-refractivity contribution < 1.29 is 19.2 Å². The lowest BCUT2D eigenvalue weighted by atomic mass is 9.97. The molecule has 0 bridgehead atoms. The lowest BCUT2D eigenvalue weighted by Crippen LogP contribution is -2.76. The van der Waals surface area contributed by atoms with Gasteiger partial charge in [-0.1, -0.05) is 60.7 Å². The third-order valence-corrected chi connectivity index (χ3v) is 9.14. The highest BCUT2D eigenvalue weighted by Gasteiger charge is 2.51. The van der Waals surface area contributed by atoms with Crippen molar-refractivity contribution in [2.45, 2.75) is 31.7 Å². The van der Waals surface area contributed by atoms with E-state index < -0.39 is 12.2 Å². The van der Waals surface area contributed by atoms with Crippen molar-refractivity contribution >= 4 is 45.3 Å². The normalized spacial score (nSPS) is 18.4. The van der Waals surface area contributed by atoms with Crippen molar-refractivity contribution in [3.63, 3.8) is 0 Å². The van der Waals surface area contributed by atoms with E-state index in [-0.39, 0.29) is 56.4 Å². The van der Waals surface area contributed by atoms with E-state index in [4.69, 9.17) is 0 Å². The second-order valence-electron chi connectivity index (χ2n) is 11.2. The summed E-state index contributed by atoms with van der Waals surface area (Å²) in [6.45, 7) is 4.72. The lowest BCUT2D eigenvalue weighted by molar-refractivity contribution is -0.189. The number of carbonyl (C=O) groups excluding carboxylic acids is 4. The maximum absolute atomic E-state index is 14.3. The fraction of sp³-hybridized carbons (Fsp3) is 0.265. The van der Waals surface area contributed by atoms with Gasteiger partial charge in [0.1, 0.15) is 12.2 Å². The molecule has 1 aromatic heterocycles. The van der Waals surface area contributed by atoms with Crippen molar-refractivity contribution in [3.8, 4) is 0 Å². The van der Waals surface area contributed by atoms with E-state index in [9.17, 15) is 19.2 Å². The molecule has 3 heterocycles. The second kappa shape index (κ2) is 13.5. The number of rotatable bonds is 9. The van der Waals surface area contributed by atoms with Gasteiger partial charge in [0.25, 0.3) is 5.91 Å². The summed E-state index contributed by atoms with van der Waals surface area (Å²) in [6, 6.07) is 21.2. The van der Waals surface area contributed by atoms with Crippen LogP contribution in [0.15, 0.2) is 91.0 Å². The molecule has 2 aliphatic rings. The fourth-order valence-corrected chi connectivity index (χ4v) is 6.86. The topological polar surface area (TPSA) is 118 Å². The van der Waals surface area contributed by atoms with E-state index in [1.54, 1.807) is 62.7 Å². The molecule has 2 fully saturated rings. The number of nitrogens with zero attached hydrogens (tertiary/aromatic N) is 5. The SMILES string of the molecule is C=CCN1CC(=O)N2[C@@H](Cc3ccc(C(=O)NC)cc3)C(=O)N(Cc3cccc4scnc34)C[C@@H]2N1C(=O)NCc1ccccc1. The van der Waals surface area contributed by atoms with E-state index in [1.807, 2.05) is 48.5 Å². The van der Waals surface area contributed by atoms with Crippen molar-refractivity contribution in [2.75, 3.05) is 26.7 Å². The molecule has 46 heavy (non-hydrogen) atoms. The van der Waals surface area contributed by atoms with Crippen molar-refractivity contribution in [1.82, 2.24) is 35.4 Å². The highest BCUT2D eigenvalue weighted by molar-refractivity contribution is 7.16. The number of carbonyl (C=O) groups is 4. The Bertz CT molecular complexity index is 1760. The molecule has 236 valence electrons. The van der Waals surface area contributed by atoms with Crippen LogP contribution < -0.4 is 10.6 Å². The van der Waals surface area contributed by atoms with Crippen LogP contribution in [-0.4, -0.2) is 87.4 Å². The Kier molecular flexibility index (Phi) is 9.08. The molecule has 2 atom stereocenters. The van der Waals surface area contributed by atoms with Gasteiger partial charge in [0, 0.05) is 38.7 Å². The molecule has 0 unspecified atom stereocenters. The molecule has 2 saturated heterocycles. The van der Waals surface area contributed by atoms with E-state index in [2.05, 4.69) is 22.2 Å². The number of benzene rings is 3. The number of urea groups is 1. The Hall–Kier alpha value is -5.07. The third-order valence-electron chi connectivity index (χ3n) is 8.34. The molecular formula is C34H35N7O4S. The number of hydrogen-bond acceptors (Lipinski definition) is 7. The number of hydrogen-bond donors (Lipinski definition) is 2. The van der Waals surface area contributed by atoms with E-state index in [0.717, 1.165) is 26.9 Å². The highest BCUT2D eigenvalue weighted by Crippen LogP contribution is 2.31. The van der Waals surface area contributed by atoms with Gasteiger partial charge in [-0.2, -0.15) is 0 Å². The van der Waals surface area contributed by atoms with Crippen molar-refractivity contribution in [3.05, 3.63) is 113 Å². The zero-order valence-electron chi connectivity index (χ0n) is 25.5. The molecule has 2 N–H and O–H groups in total. The summed E-state index contributed by atoms with van der Waals surface area (Å²) in [5.41, 5.74) is 5.72. The summed E-state index contributed by atoms with van der Waals surface area (Å²) < 4.78 is 1.02. The van der Waals surface area contributed by atoms with Crippen LogP contribution in [0.2, 0.25) is 0 Å². The van der Waals surface area contributed by atoms with Gasteiger partial charge in [0.2, 0.25) is 11.8 Å². The first-order chi connectivity index (χ1) is 22.4. The zero-order valence-corrected chi connectivity index (χ0v) is 26.3. The van der Waals surface area contributed by atoms with Crippen LogP contribution in [0.4, 0.5) is 4.79 Å². The van der Waals surface area contributed by atoms with Gasteiger partial charge in [-0.15, -0.1) is 17.9 Å². The third kappa shape index (κ3) is 6.22. The Morgan fingerprint density at radius 3 is 2.54 bits per heavy atom. The summed E-state index contributed by atoms with van der Waals surface area (Å²) >= 11 is 1.53. The van der Waals surface area contributed by atoms with Gasteiger partial charge in [-0.3, -0.25) is 14.4 Å². The first-order valence-corrected chi connectivity index (χ1v) is 15.9. The summed E-state index contributed by atoms with van der Waals surface area (Å²) in [4.78, 5) is 62.1. The summed E-state index contributed by atoms with van der Waals surface area (Å²) in [7, 11) is 1.57. The van der Waals surface area contributed by atoms with Crippen molar-refractivity contribution in [2.24, 2.45) is 0 Å². The van der Waals surface area contributed by atoms with Crippen LogP contribution >= 0.6 is 11.3 Å². The molecule has 3 aromatic carbocycles. The maximum Gasteiger partial charge on any atom is 0.334 e. The van der Waals surface area contributed by atoms with E-state index in [1.165, 1.54) is 11.3 Å². The van der Waals surface area contributed by atoms with Gasteiger partial charge in [-0.05, 0) is 34.9 Å². The Balaban J connectivity index is 1.36. The quantitative estimate of drug-likeness (QED) is 0.272. The molecule has 5 amide bonds. The monoisotopic (exact) mass is 637 g/mol. The number of para-hydroxylation sites is 1. The molecular weight excluding hydrogens is 602 g/mol. The predicted octanol–water partition coefficient (Wildman–Crippen LogP) is 3.39. The van der Waals surface area contributed by atoms with Crippen LogP contribution in [0.25, 0.3) is 10.2 Å². The Labute approximate surface area is 271 Å². The van der Waals surface area contributed by atoms with Crippen LogP contribution in [0.3, 0.4) is 0 Å². The smallest absolute Gasteiger partial charge is 0.334 e. The lowest BCUT2D eigenvalue weighted by Gasteiger charge is -2.55. The first-order valence-electron chi connectivity index (χ1n) is 15.1. The first kappa shape index (κ1) is 30.9. The second-order valence-corrected chi connectivity index (χ2v) is 12.1. The number of fused-ring (bicyclic) bond motifs is 2. The van der Waals surface area contributed by atoms with Gasteiger partial charge < -0.3 is 20.4 Å². The van der Waals surface area contributed by atoms with Crippen molar-refractivity contribution in [1.29, 1.82) is 0 Å². The Morgan fingerprint density at radius 2 is 1.80 bits per heavy atom. The van der Waals surface area contributed by atoms with Gasteiger partial charge in [-0.25, -0.2) is 19.8 Å². The molecule has 0 spiro atoms. The fourth-order valence-electron chi connectivity index (χ4n) is 6.14. The molecule has 6 rings (SSSR count). The standard InChI is InChI=1S/C34H35N7O4S/c1-3-16-39-21-30(42)40-27(17-23-12-14-25(15-13-23)32(43)35-2)33(44)38(19-26-10-7-11-28-31(26)37-22-46-28)20-29(40)41(39)34(45)36-18-24-8-5-4-6-9-24/h3-15,22,27,29H,1,16-21H2,2H3,(H,35,43)(H,36,45)/t27-,29-/m0/s1. The highest BCUT2D eigenvalue weighted by atomic mass is 32.1. The number of nitrogens with one attached hydrogen (secondary N) is 2. The van der Waals surface area contributed by atoms with E-state index in [0.29, 0.717) is 12.1 Å². The zero-order chi connectivity index (χ0) is 32.2. The van der Waals surface area contributed by atoms with Crippen LogP contribution in [0.5, 0.6) is 0 Å². The summed E-state index contributed by atoms with van der Waals surface area (Å²) in [5, 5.41) is 8.87. The average molecular weight is 638 g/mol. The minimum absolute atomic E-state index is 0.0845. The maximum atomic E-state index is 14.3. The largest absolute Gasteiger partial charge is 0.355 e. The summed E-state index contributed by atoms with van der Waals surface area (Å²) in [6.07, 6.45) is 1.10. The van der Waals surface area contributed by atoms with Gasteiger partial charge in [0.05, 0.1) is 28.8 Å². The molecule has 0 saturated carbocycles. The molecule has 2 aliphatic heterocycles. The number of hydrazine groups is 1. The number of thiazole rings is 1. The van der Waals surface area contributed by atoms with Crippen LogP contribution in [0, 0.1) is 0 Å². The Morgan fingerprint density at radius 1 is 1.02 bits per heavy atom. The molecule has 11 nitrogen and oxygen atoms in total. The van der Waals surface area contributed by atoms with Gasteiger partial charge >= 0.3 is 6.03 Å².